The molecule has 0 radical (unpaired) electrons. The molecule has 3 rings (SSSR count). The first-order valence-corrected chi connectivity index (χ1v) is 8.94. The first-order valence-electron chi connectivity index (χ1n) is 8.94. The normalized spacial score (nSPS) is 25.5. The molecule has 2 aliphatic rings. The highest BCUT2D eigenvalue weighted by atomic mass is 16.2. The van der Waals surface area contributed by atoms with E-state index in [1.165, 1.54) is 24.0 Å². The van der Waals surface area contributed by atoms with Gasteiger partial charge in [0.1, 0.15) is 0 Å². The minimum absolute atomic E-state index is 0.313. The minimum atomic E-state index is 0.313. The maximum atomic E-state index is 12.0. The van der Waals surface area contributed by atoms with Crippen LogP contribution in [-0.4, -0.2) is 47.4 Å². The highest BCUT2D eigenvalue weighted by Gasteiger charge is 2.37. The van der Waals surface area contributed by atoms with Crippen LogP contribution in [0.5, 0.6) is 0 Å². The maximum Gasteiger partial charge on any atom is 0.222 e. The molecule has 0 N–H and O–H groups in total. The predicted molar refractivity (Wildman–Crippen MR) is 95.1 cm³/mol. The summed E-state index contributed by atoms with van der Waals surface area (Å²) in [6.07, 6.45) is 6.64. The second kappa shape index (κ2) is 7.31. The van der Waals surface area contributed by atoms with Gasteiger partial charge in [-0.05, 0) is 37.3 Å². The van der Waals surface area contributed by atoms with Gasteiger partial charge >= 0.3 is 0 Å². The summed E-state index contributed by atoms with van der Waals surface area (Å²) in [5.74, 6) is 0.313. The lowest BCUT2D eigenvalue weighted by Crippen LogP contribution is -2.41. The number of hydrogen-bond acceptors (Lipinski definition) is 2. The Hall–Kier alpha value is -1.61. The Kier molecular flexibility index (Phi) is 5.16. The highest BCUT2D eigenvalue weighted by Crippen LogP contribution is 2.30. The molecule has 2 atom stereocenters. The fraction of sp³-hybridized carbons (Fsp3) is 0.550. The summed E-state index contributed by atoms with van der Waals surface area (Å²) in [5, 5.41) is 0. The zero-order valence-electron chi connectivity index (χ0n) is 14.4. The van der Waals surface area contributed by atoms with Crippen molar-refractivity contribution in [2.24, 2.45) is 0 Å². The molecule has 124 valence electrons. The zero-order valence-corrected chi connectivity index (χ0v) is 14.4. The van der Waals surface area contributed by atoms with Crippen LogP contribution in [0, 0.1) is 0 Å². The molecule has 2 bridgehead atoms. The maximum absolute atomic E-state index is 12.0. The van der Waals surface area contributed by atoms with Crippen molar-refractivity contribution in [1.82, 2.24) is 9.80 Å². The standard InChI is InChI=1S/C20H28N2O/c1-3-20(23)21-13-12-18-9-10-19(15-21)22(18)14-11-16(2)17-7-5-4-6-8-17/h4-8,11,18-19H,3,9-10,12-15H2,1-2H3/b16-11+. The van der Waals surface area contributed by atoms with E-state index in [2.05, 4.69) is 53.1 Å². The number of nitrogens with zero attached hydrogens (tertiary/aromatic N) is 2. The van der Waals surface area contributed by atoms with E-state index >= 15 is 0 Å². The van der Waals surface area contributed by atoms with Crippen molar-refractivity contribution in [2.45, 2.75) is 51.6 Å². The first-order chi connectivity index (χ1) is 11.2. The molecular weight excluding hydrogens is 284 g/mol. The van der Waals surface area contributed by atoms with Crippen molar-refractivity contribution in [2.75, 3.05) is 19.6 Å². The van der Waals surface area contributed by atoms with Gasteiger partial charge in [0, 0.05) is 38.1 Å². The van der Waals surface area contributed by atoms with Gasteiger partial charge in [0.15, 0.2) is 0 Å². The monoisotopic (exact) mass is 312 g/mol. The summed E-state index contributed by atoms with van der Waals surface area (Å²) >= 11 is 0. The number of likely N-dealkylation sites (tertiary alicyclic amines) is 1. The molecule has 23 heavy (non-hydrogen) atoms. The van der Waals surface area contributed by atoms with Crippen LogP contribution in [0.25, 0.3) is 5.57 Å². The number of rotatable bonds is 4. The van der Waals surface area contributed by atoms with Gasteiger partial charge in [0.2, 0.25) is 5.91 Å². The molecular formula is C20H28N2O. The molecule has 3 heteroatoms. The molecule has 3 nitrogen and oxygen atoms in total. The van der Waals surface area contributed by atoms with Gasteiger partial charge in [0.25, 0.3) is 0 Å². The van der Waals surface area contributed by atoms with E-state index in [4.69, 9.17) is 0 Å². The molecule has 2 saturated heterocycles. The molecule has 2 heterocycles. The average Bonchev–Trinajstić information content (AvgIpc) is 2.86. The number of hydrogen-bond donors (Lipinski definition) is 0. The van der Waals surface area contributed by atoms with Crippen molar-refractivity contribution in [3.05, 3.63) is 42.0 Å². The molecule has 2 unspecified atom stereocenters. The molecule has 0 spiro atoms. The van der Waals surface area contributed by atoms with Crippen LogP contribution in [0.15, 0.2) is 36.4 Å². The van der Waals surface area contributed by atoms with Crippen LogP contribution < -0.4 is 0 Å². The molecule has 0 aliphatic carbocycles. The van der Waals surface area contributed by atoms with E-state index in [-0.39, 0.29) is 0 Å². The van der Waals surface area contributed by atoms with Crippen molar-refractivity contribution in [1.29, 1.82) is 0 Å². The van der Waals surface area contributed by atoms with E-state index in [0.29, 0.717) is 24.4 Å². The summed E-state index contributed by atoms with van der Waals surface area (Å²) < 4.78 is 0. The Bertz CT molecular complexity index is 566. The number of fused-ring (bicyclic) bond motifs is 2. The smallest absolute Gasteiger partial charge is 0.222 e. The number of amides is 1. The number of carbonyl (C=O) groups is 1. The topological polar surface area (TPSA) is 23.6 Å². The third-order valence-corrected chi connectivity index (χ3v) is 5.43. The Morgan fingerprint density at radius 3 is 2.65 bits per heavy atom. The molecule has 2 aliphatic heterocycles. The van der Waals surface area contributed by atoms with Gasteiger partial charge in [-0.15, -0.1) is 0 Å². The Morgan fingerprint density at radius 1 is 1.17 bits per heavy atom. The highest BCUT2D eigenvalue weighted by molar-refractivity contribution is 5.75. The lowest BCUT2D eigenvalue weighted by atomic mass is 10.1. The summed E-state index contributed by atoms with van der Waals surface area (Å²) in [4.78, 5) is 16.8. The third kappa shape index (κ3) is 3.66. The van der Waals surface area contributed by atoms with Gasteiger partial charge < -0.3 is 4.90 Å². The van der Waals surface area contributed by atoms with Gasteiger partial charge in [-0.3, -0.25) is 9.69 Å². The van der Waals surface area contributed by atoms with E-state index in [0.717, 1.165) is 26.1 Å². The number of benzene rings is 1. The second-order valence-corrected chi connectivity index (χ2v) is 6.82. The van der Waals surface area contributed by atoms with Crippen LogP contribution in [0.4, 0.5) is 0 Å². The molecule has 1 aromatic carbocycles. The van der Waals surface area contributed by atoms with Gasteiger partial charge in [-0.25, -0.2) is 0 Å². The number of carbonyl (C=O) groups excluding carboxylic acids is 1. The first kappa shape index (κ1) is 16.3. The largest absolute Gasteiger partial charge is 0.341 e. The number of allylic oxidation sites excluding steroid dienone is 1. The van der Waals surface area contributed by atoms with Crippen LogP contribution in [-0.2, 0) is 4.79 Å². The van der Waals surface area contributed by atoms with Crippen molar-refractivity contribution >= 4 is 11.5 Å². The van der Waals surface area contributed by atoms with Gasteiger partial charge in [-0.2, -0.15) is 0 Å². The van der Waals surface area contributed by atoms with Crippen molar-refractivity contribution in [3.8, 4) is 0 Å². The van der Waals surface area contributed by atoms with Gasteiger partial charge in [0.05, 0.1) is 0 Å². The fourth-order valence-electron chi connectivity index (χ4n) is 3.98. The van der Waals surface area contributed by atoms with Crippen molar-refractivity contribution in [3.63, 3.8) is 0 Å². The second-order valence-electron chi connectivity index (χ2n) is 6.82. The Labute approximate surface area is 140 Å². The molecule has 0 saturated carbocycles. The lowest BCUT2D eigenvalue weighted by Gasteiger charge is -2.28. The SMILES string of the molecule is CCC(=O)N1CCC2CCC(C1)N2C/C=C(\C)c1ccccc1. The average molecular weight is 312 g/mol. The van der Waals surface area contributed by atoms with Gasteiger partial charge in [-0.1, -0.05) is 43.3 Å². The summed E-state index contributed by atoms with van der Waals surface area (Å²) in [6, 6.07) is 11.8. The van der Waals surface area contributed by atoms with Crippen LogP contribution in [0.2, 0.25) is 0 Å². The van der Waals surface area contributed by atoms with E-state index in [9.17, 15) is 4.79 Å². The minimum Gasteiger partial charge on any atom is -0.341 e. The van der Waals surface area contributed by atoms with Crippen LogP contribution in [0.3, 0.4) is 0 Å². The predicted octanol–water partition coefficient (Wildman–Crippen LogP) is 3.57. The van der Waals surface area contributed by atoms with Crippen LogP contribution >= 0.6 is 0 Å². The van der Waals surface area contributed by atoms with E-state index in [1.807, 2.05) is 6.92 Å². The molecule has 1 aromatic rings. The molecule has 1 amide bonds. The van der Waals surface area contributed by atoms with Crippen molar-refractivity contribution < 1.29 is 4.79 Å². The molecule has 0 aromatic heterocycles. The van der Waals surface area contributed by atoms with E-state index < -0.39 is 0 Å². The zero-order chi connectivity index (χ0) is 16.2. The lowest BCUT2D eigenvalue weighted by molar-refractivity contribution is -0.131. The van der Waals surface area contributed by atoms with E-state index in [1.54, 1.807) is 0 Å². The quantitative estimate of drug-likeness (QED) is 0.848. The van der Waals surface area contributed by atoms with Crippen LogP contribution in [0.1, 0.15) is 45.1 Å². The molecule has 2 fully saturated rings. The Balaban J connectivity index is 1.67. The summed E-state index contributed by atoms with van der Waals surface area (Å²) in [6.45, 7) is 7.02. The summed E-state index contributed by atoms with van der Waals surface area (Å²) in [5.41, 5.74) is 2.65. The Morgan fingerprint density at radius 2 is 1.91 bits per heavy atom. The fourth-order valence-corrected chi connectivity index (χ4v) is 3.98. The summed E-state index contributed by atoms with van der Waals surface area (Å²) in [7, 11) is 0. The third-order valence-electron chi connectivity index (χ3n) is 5.43.